The molecule has 0 saturated heterocycles. The van der Waals surface area contributed by atoms with E-state index >= 15 is 0 Å². The SMILES string of the molecule is Cc1cc(=O)[nH]c(CCNC(=O)c2oc(C)nc2C)n1. The molecule has 2 aromatic heterocycles. The molecule has 0 fully saturated rings. The van der Waals surface area contributed by atoms with Gasteiger partial charge in [0, 0.05) is 31.6 Å². The zero-order valence-corrected chi connectivity index (χ0v) is 11.6. The molecule has 1 amide bonds. The molecule has 0 aromatic carbocycles. The van der Waals surface area contributed by atoms with Crippen LogP contribution in [0.1, 0.15) is 33.7 Å². The first-order valence-electron chi connectivity index (χ1n) is 6.25. The molecule has 0 aliphatic rings. The zero-order chi connectivity index (χ0) is 14.7. The number of nitrogens with one attached hydrogen (secondary N) is 2. The molecule has 0 spiro atoms. The van der Waals surface area contributed by atoms with Crippen LogP contribution in [0.3, 0.4) is 0 Å². The number of H-pyrrole nitrogens is 1. The molecule has 2 heterocycles. The van der Waals surface area contributed by atoms with Gasteiger partial charge in [0.15, 0.2) is 5.89 Å². The van der Waals surface area contributed by atoms with Crippen LogP contribution in [0.5, 0.6) is 0 Å². The van der Waals surface area contributed by atoms with Gasteiger partial charge in [0.2, 0.25) is 5.76 Å². The Balaban J connectivity index is 1.94. The van der Waals surface area contributed by atoms with E-state index in [1.165, 1.54) is 6.07 Å². The Morgan fingerprint density at radius 2 is 2.10 bits per heavy atom. The Hall–Kier alpha value is -2.44. The predicted octanol–water partition coefficient (Wildman–Crippen LogP) is 0.656. The monoisotopic (exact) mass is 276 g/mol. The van der Waals surface area contributed by atoms with Gasteiger partial charge in [0.05, 0.1) is 5.69 Å². The molecule has 0 unspecified atom stereocenters. The maximum absolute atomic E-state index is 11.9. The van der Waals surface area contributed by atoms with Crippen LogP contribution in [0.15, 0.2) is 15.3 Å². The highest BCUT2D eigenvalue weighted by Crippen LogP contribution is 2.08. The highest BCUT2D eigenvalue weighted by atomic mass is 16.4. The third-order valence-electron chi connectivity index (χ3n) is 2.68. The first-order valence-corrected chi connectivity index (χ1v) is 6.25. The van der Waals surface area contributed by atoms with Gasteiger partial charge in [-0.05, 0) is 13.8 Å². The van der Waals surface area contributed by atoms with Crippen molar-refractivity contribution in [2.75, 3.05) is 6.54 Å². The molecule has 0 bridgehead atoms. The molecule has 2 rings (SSSR count). The minimum absolute atomic E-state index is 0.194. The fourth-order valence-electron chi connectivity index (χ4n) is 1.88. The van der Waals surface area contributed by atoms with E-state index in [2.05, 4.69) is 20.3 Å². The quantitative estimate of drug-likeness (QED) is 0.854. The Bertz CT molecular complexity index is 687. The Morgan fingerprint density at radius 3 is 2.70 bits per heavy atom. The lowest BCUT2D eigenvalue weighted by Gasteiger charge is -2.04. The van der Waals surface area contributed by atoms with Crippen LogP contribution in [-0.2, 0) is 6.42 Å². The number of hydrogen-bond donors (Lipinski definition) is 2. The van der Waals surface area contributed by atoms with Crippen molar-refractivity contribution >= 4 is 5.91 Å². The molecule has 20 heavy (non-hydrogen) atoms. The fourth-order valence-corrected chi connectivity index (χ4v) is 1.88. The largest absolute Gasteiger partial charge is 0.436 e. The van der Waals surface area contributed by atoms with Crippen LogP contribution in [0.4, 0.5) is 0 Å². The number of aromatic amines is 1. The van der Waals surface area contributed by atoms with E-state index in [0.29, 0.717) is 36.1 Å². The van der Waals surface area contributed by atoms with Gasteiger partial charge in [-0.25, -0.2) is 9.97 Å². The van der Waals surface area contributed by atoms with E-state index in [4.69, 9.17) is 4.42 Å². The molecule has 2 aromatic rings. The fraction of sp³-hybridized carbons (Fsp3) is 0.385. The number of amides is 1. The van der Waals surface area contributed by atoms with Gasteiger partial charge in [-0.3, -0.25) is 9.59 Å². The summed E-state index contributed by atoms with van der Waals surface area (Å²) in [4.78, 5) is 34.0. The first-order chi connectivity index (χ1) is 9.45. The van der Waals surface area contributed by atoms with E-state index in [-0.39, 0.29) is 17.2 Å². The van der Waals surface area contributed by atoms with E-state index in [9.17, 15) is 9.59 Å². The predicted molar refractivity (Wildman–Crippen MR) is 71.6 cm³/mol. The summed E-state index contributed by atoms with van der Waals surface area (Å²) in [5.74, 6) is 0.893. The summed E-state index contributed by atoms with van der Waals surface area (Å²) in [5.41, 5.74) is 1.01. The number of rotatable bonds is 4. The first kappa shape index (κ1) is 14.0. The van der Waals surface area contributed by atoms with E-state index in [1.807, 2.05) is 0 Å². The van der Waals surface area contributed by atoms with Crippen LogP contribution in [0, 0.1) is 20.8 Å². The summed E-state index contributed by atoms with van der Waals surface area (Å²) >= 11 is 0. The van der Waals surface area contributed by atoms with Crippen molar-refractivity contribution in [2.45, 2.75) is 27.2 Å². The number of nitrogens with zero attached hydrogens (tertiary/aromatic N) is 2. The van der Waals surface area contributed by atoms with Crippen molar-refractivity contribution in [3.63, 3.8) is 0 Å². The summed E-state index contributed by atoms with van der Waals surface area (Å²) in [5, 5.41) is 2.71. The smallest absolute Gasteiger partial charge is 0.289 e. The maximum Gasteiger partial charge on any atom is 0.289 e. The summed E-state index contributed by atoms with van der Waals surface area (Å²) in [6, 6.07) is 1.42. The van der Waals surface area contributed by atoms with Gasteiger partial charge >= 0.3 is 0 Å². The highest BCUT2D eigenvalue weighted by Gasteiger charge is 2.15. The lowest BCUT2D eigenvalue weighted by Crippen LogP contribution is -2.27. The van der Waals surface area contributed by atoms with Crippen LogP contribution >= 0.6 is 0 Å². The second-order valence-corrected chi connectivity index (χ2v) is 4.49. The third kappa shape index (κ3) is 3.31. The molecule has 0 radical (unpaired) electrons. The molecule has 0 saturated carbocycles. The van der Waals surface area contributed by atoms with Crippen LogP contribution in [0.2, 0.25) is 0 Å². The van der Waals surface area contributed by atoms with Crippen LogP contribution in [-0.4, -0.2) is 27.4 Å². The summed E-state index contributed by atoms with van der Waals surface area (Å²) in [6.45, 7) is 5.50. The van der Waals surface area contributed by atoms with E-state index in [1.54, 1.807) is 20.8 Å². The minimum atomic E-state index is -0.321. The topological polar surface area (TPSA) is 101 Å². The number of carbonyl (C=O) groups is 1. The number of aryl methyl sites for hydroxylation is 3. The molecule has 0 aliphatic carbocycles. The van der Waals surface area contributed by atoms with Crippen LogP contribution < -0.4 is 10.9 Å². The molecule has 2 N–H and O–H groups in total. The third-order valence-corrected chi connectivity index (χ3v) is 2.68. The lowest BCUT2D eigenvalue weighted by molar-refractivity contribution is 0.0924. The average molecular weight is 276 g/mol. The van der Waals surface area contributed by atoms with Gasteiger partial charge in [-0.15, -0.1) is 0 Å². The number of hydrogen-bond acceptors (Lipinski definition) is 5. The van der Waals surface area contributed by atoms with E-state index < -0.39 is 0 Å². The van der Waals surface area contributed by atoms with Crippen molar-refractivity contribution in [3.8, 4) is 0 Å². The average Bonchev–Trinajstić information content (AvgIpc) is 2.67. The summed E-state index contributed by atoms with van der Waals surface area (Å²) in [7, 11) is 0. The second-order valence-electron chi connectivity index (χ2n) is 4.49. The Labute approximate surface area is 115 Å². The van der Waals surface area contributed by atoms with Crippen molar-refractivity contribution in [3.05, 3.63) is 45.3 Å². The van der Waals surface area contributed by atoms with Gasteiger partial charge in [0.25, 0.3) is 11.5 Å². The normalized spacial score (nSPS) is 10.6. The number of carbonyl (C=O) groups excluding carboxylic acids is 1. The van der Waals surface area contributed by atoms with Gasteiger partial charge in [0.1, 0.15) is 5.82 Å². The van der Waals surface area contributed by atoms with Gasteiger partial charge in [-0.1, -0.05) is 0 Å². The summed E-state index contributed by atoms with van der Waals surface area (Å²) < 4.78 is 5.22. The maximum atomic E-state index is 11.9. The van der Waals surface area contributed by atoms with Gasteiger partial charge in [-0.2, -0.15) is 0 Å². The van der Waals surface area contributed by atoms with Crippen LogP contribution in [0.25, 0.3) is 0 Å². The van der Waals surface area contributed by atoms with Crippen molar-refractivity contribution in [1.82, 2.24) is 20.3 Å². The lowest BCUT2D eigenvalue weighted by atomic mass is 10.3. The number of aromatic nitrogens is 3. The van der Waals surface area contributed by atoms with Gasteiger partial charge < -0.3 is 14.7 Å². The standard InChI is InChI=1S/C13H16N4O3/c1-7-6-11(18)17-10(15-7)4-5-14-13(19)12-8(2)16-9(3)20-12/h6H,4-5H2,1-3H3,(H,14,19)(H,15,17,18). The van der Waals surface area contributed by atoms with E-state index in [0.717, 1.165) is 0 Å². The van der Waals surface area contributed by atoms with Crippen molar-refractivity contribution < 1.29 is 9.21 Å². The number of oxazole rings is 1. The molecule has 0 aliphatic heterocycles. The molecule has 106 valence electrons. The Kier molecular flexibility index (Phi) is 3.97. The molecule has 7 nitrogen and oxygen atoms in total. The highest BCUT2D eigenvalue weighted by molar-refractivity contribution is 5.92. The molecule has 0 atom stereocenters. The zero-order valence-electron chi connectivity index (χ0n) is 11.6. The minimum Gasteiger partial charge on any atom is -0.436 e. The second kappa shape index (κ2) is 5.68. The molecular formula is C13H16N4O3. The summed E-state index contributed by atoms with van der Waals surface area (Å²) in [6.07, 6.45) is 0.439. The molecule has 7 heteroatoms. The Morgan fingerprint density at radius 1 is 1.35 bits per heavy atom. The van der Waals surface area contributed by atoms with Crippen molar-refractivity contribution in [1.29, 1.82) is 0 Å². The van der Waals surface area contributed by atoms with Crippen molar-refractivity contribution in [2.24, 2.45) is 0 Å². The molecular weight excluding hydrogens is 260 g/mol.